The molecule has 146 valence electrons. The van der Waals surface area contributed by atoms with Crippen LogP contribution in [0.25, 0.3) is 0 Å². The minimum atomic E-state index is -0.387. The van der Waals surface area contributed by atoms with Gasteiger partial charge < -0.3 is 15.8 Å². The Morgan fingerprint density at radius 2 is 1.89 bits per heavy atom. The summed E-state index contributed by atoms with van der Waals surface area (Å²) in [6.07, 6.45) is 0. The van der Waals surface area contributed by atoms with E-state index in [2.05, 4.69) is 20.3 Å². The third-order valence-electron chi connectivity index (χ3n) is 4.17. The first-order valence-corrected chi connectivity index (χ1v) is 8.78. The van der Waals surface area contributed by atoms with Crippen molar-refractivity contribution in [2.24, 2.45) is 0 Å². The quantitative estimate of drug-likeness (QED) is 0.648. The van der Waals surface area contributed by atoms with Crippen LogP contribution in [0.5, 0.6) is 5.75 Å². The largest absolute Gasteiger partial charge is 0.494 e. The zero-order valence-electron chi connectivity index (χ0n) is 16.1. The van der Waals surface area contributed by atoms with Crippen LogP contribution in [0.4, 0.5) is 22.0 Å². The van der Waals surface area contributed by atoms with Crippen LogP contribution in [0.3, 0.4) is 0 Å². The molecule has 0 fully saturated rings. The molecule has 2 aromatic carbocycles. The summed E-state index contributed by atoms with van der Waals surface area (Å²) in [7, 11) is 3.34. The Kier molecular flexibility index (Phi) is 6.00. The van der Waals surface area contributed by atoms with E-state index in [9.17, 15) is 4.39 Å². The smallest absolute Gasteiger partial charge is 0.232 e. The molecule has 0 spiro atoms. The van der Waals surface area contributed by atoms with Crippen LogP contribution < -0.4 is 15.8 Å². The number of ether oxygens (including phenoxy) is 1. The van der Waals surface area contributed by atoms with E-state index in [0.29, 0.717) is 24.9 Å². The van der Waals surface area contributed by atoms with Crippen LogP contribution >= 0.6 is 0 Å². The molecule has 0 radical (unpaired) electrons. The Hall–Kier alpha value is -3.26. The van der Waals surface area contributed by atoms with Gasteiger partial charge in [0.2, 0.25) is 11.9 Å². The Balaban J connectivity index is 1.70. The molecule has 0 aliphatic heterocycles. The minimum Gasteiger partial charge on any atom is -0.494 e. The van der Waals surface area contributed by atoms with E-state index in [4.69, 9.17) is 10.5 Å². The van der Waals surface area contributed by atoms with Crippen molar-refractivity contribution in [3.8, 4) is 5.75 Å². The molecule has 0 bridgehead atoms. The van der Waals surface area contributed by atoms with Crippen LogP contribution in [0.1, 0.15) is 17.0 Å². The summed E-state index contributed by atoms with van der Waals surface area (Å²) in [6.45, 7) is 2.95. The molecule has 0 amide bonds. The summed E-state index contributed by atoms with van der Waals surface area (Å²) < 4.78 is 18.8. The van der Waals surface area contributed by atoms with E-state index in [1.807, 2.05) is 49.2 Å². The summed E-state index contributed by atoms with van der Waals surface area (Å²) >= 11 is 0. The molecule has 0 aliphatic carbocycles. The zero-order valence-corrected chi connectivity index (χ0v) is 16.1. The van der Waals surface area contributed by atoms with E-state index >= 15 is 0 Å². The molecule has 1 aromatic heterocycles. The standard InChI is InChI=1S/C20H23FN6O/c1-13-6-4-5-7-16(13)23-20-25-18(24-19(22)26-20)12-27(2)11-14-8-9-17(28-3)15(21)10-14/h4-10H,11-12H2,1-3H3,(H3,22,23,24,25,26). The third kappa shape index (κ3) is 4.92. The first-order chi connectivity index (χ1) is 13.4. The fraction of sp³-hybridized carbons (Fsp3) is 0.250. The molecule has 3 rings (SSSR count). The first kappa shape index (κ1) is 19.5. The summed E-state index contributed by atoms with van der Waals surface area (Å²) in [5.41, 5.74) is 8.64. The van der Waals surface area contributed by atoms with Gasteiger partial charge in [-0.15, -0.1) is 0 Å². The molecule has 0 aliphatic rings. The van der Waals surface area contributed by atoms with Crippen molar-refractivity contribution in [1.29, 1.82) is 0 Å². The van der Waals surface area contributed by atoms with Crippen molar-refractivity contribution >= 4 is 17.6 Å². The van der Waals surface area contributed by atoms with Crippen molar-refractivity contribution in [2.75, 3.05) is 25.2 Å². The predicted molar refractivity (Wildman–Crippen MR) is 107 cm³/mol. The molecule has 0 saturated carbocycles. The molecule has 1 heterocycles. The molecule has 3 aromatic rings. The maximum atomic E-state index is 13.9. The van der Waals surface area contributed by atoms with E-state index in [1.165, 1.54) is 13.2 Å². The summed E-state index contributed by atoms with van der Waals surface area (Å²) in [5, 5.41) is 3.17. The molecule has 3 N–H and O–H groups in total. The number of aryl methyl sites for hydroxylation is 1. The van der Waals surface area contributed by atoms with Gasteiger partial charge in [-0.3, -0.25) is 4.90 Å². The number of hydrogen-bond acceptors (Lipinski definition) is 7. The van der Waals surface area contributed by atoms with E-state index in [0.717, 1.165) is 16.8 Å². The highest BCUT2D eigenvalue weighted by Gasteiger charge is 2.10. The summed E-state index contributed by atoms with van der Waals surface area (Å²) in [6, 6.07) is 12.7. The van der Waals surface area contributed by atoms with Crippen molar-refractivity contribution < 1.29 is 9.13 Å². The van der Waals surface area contributed by atoms with Crippen molar-refractivity contribution in [3.63, 3.8) is 0 Å². The van der Waals surface area contributed by atoms with Gasteiger partial charge in [-0.25, -0.2) is 4.39 Å². The fourth-order valence-corrected chi connectivity index (χ4v) is 2.82. The number of nitrogen functional groups attached to an aromatic ring is 1. The van der Waals surface area contributed by atoms with E-state index < -0.39 is 0 Å². The monoisotopic (exact) mass is 382 g/mol. The Morgan fingerprint density at radius 1 is 1.11 bits per heavy atom. The van der Waals surface area contributed by atoms with E-state index in [1.54, 1.807) is 6.07 Å². The average molecular weight is 382 g/mol. The lowest BCUT2D eigenvalue weighted by atomic mass is 10.2. The van der Waals surface area contributed by atoms with Gasteiger partial charge >= 0.3 is 0 Å². The van der Waals surface area contributed by atoms with Gasteiger partial charge in [-0.2, -0.15) is 15.0 Å². The number of nitrogens with zero attached hydrogens (tertiary/aromatic N) is 4. The van der Waals surface area contributed by atoms with Gasteiger partial charge in [-0.1, -0.05) is 24.3 Å². The first-order valence-electron chi connectivity index (χ1n) is 8.78. The molecular weight excluding hydrogens is 359 g/mol. The summed E-state index contributed by atoms with van der Waals surface area (Å²) in [5.74, 6) is 0.900. The number of methoxy groups -OCH3 is 1. The van der Waals surface area contributed by atoms with Gasteiger partial charge in [0.1, 0.15) is 5.82 Å². The number of anilines is 3. The third-order valence-corrected chi connectivity index (χ3v) is 4.17. The van der Waals surface area contributed by atoms with Crippen LogP contribution in [0.2, 0.25) is 0 Å². The van der Waals surface area contributed by atoms with Gasteiger partial charge in [0, 0.05) is 12.2 Å². The molecule has 7 nitrogen and oxygen atoms in total. The number of para-hydroxylation sites is 1. The Labute approximate surface area is 163 Å². The Bertz CT molecular complexity index is 965. The number of aromatic nitrogens is 3. The van der Waals surface area contributed by atoms with Gasteiger partial charge in [-0.05, 0) is 43.3 Å². The average Bonchev–Trinajstić information content (AvgIpc) is 2.63. The second-order valence-corrected chi connectivity index (χ2v) is 6.51. The van der Waals surface area contributed by atoms with Crippen LogP contribution in [-0.4, -0.2) is 34.0 Å². The molecule has 8 heteroatoms. The number of rotatable bonds is 7. The number of nitrogens with two attached hydrogens (primary N) is 1. The Morgan fingerprint density at radius 3 is 2.61 bits per heavy atom. The predicted octanol–water partition coefficient (Wildman–Crippen LogP) is 3.29. The van der Waals surface area contributed by atoms with Crippen molar-refractivity contribution in [2.45, 2.75) is 20.0 Å². The topological polar surface area (TPSA) is 89.2 Å². The lowest BCUT2D eigenvalue weighted by Crippen LogP contribution is -2.20. The second kappa shape index (κ2) is 8.62. The number of hydrogen-bond donors (Lipinski definition) is 2. The van der Waals surface area contributed by atoms with Gasteiger partial charge in [0.15, 0.2) is 11.6 Å². The highest BCUT2D eigenvalue weighted by Crippen LogP contribution is 2.20. The van der Waals surface area contributed by atoms with Gasteiger partial charge in [0.05, 0.1) is 13.7 Å². The second-order valence-electron chi connectivity index (χ2n) is 6.51. The maximum absolute atomic E-state index is 13.9. The summed E-state index contributed by atoms with van der Waals surface area (Å²) in [4.78, 5) is 14.8. The lowest BCUT2D eigenvalue weighted by Gasteiger charge is -2.17. The zero-order chi connectivity index (χ0) is 20.1. The molecule has 28 heavy (non-hydrogen) atoms. The van der Waals surface area contributed by atoms with Crippen LogP contribution in [-0.2, 0) is 13.1 Å². The SMILES string of the molecule is COc1ccc(CN(C)Cc2nc(N)nc(Nc3ccccc3C)n2)cc1F. The number of benzene rings is 2. The van der Waals surface area contributed by atoms with Crippen molar-refractivity contribution in [3.05, 3.63) is 65.2 Å². The lowest BCUT2D eigenvalue weighted by molar-refractivity contribution is 0.309. The minimum absolute atomic E-state index is 0.143. The molecule has 0 atom stereocenters. The number of nitrogens with one attached hydrogen (secondary N) is 1. The normalized spacial score (nSPS) is 10.9. The van der Waals surface area contributed by atoms with Crippen LogP contribution in [0.15, 0.2) is 42.5 Å². The highest BCUT2D eigenvalue weighted by molar-refractivity contribution is 5.58. The molecular formula is C20H23FN6O. The van der Waals surface area contributed by atoms with E-state index in [-0.39, 0.29) is 17.5 Å². The number of halogens is 1. The van der Waals surface area contributed by atoms with Gasteiger partial charge in [0.25, 0.3) is 0 Å². The maximum Gasteiger partial charge on any atom is 0.232 e. The highest BCUT2D eigenvalue weighted by atomic mass is 19.1. The fourth-order valence-electron chi connectivity index (χ4n) is 2.82. The molecule has 0 saturated heterocycles. The van der Waals surface area contributed by atoms with Crippen LogP contribution in [0, 0.1) is 12.7 Å². The van der Waals surface area contributed by atoms with Crippen molar-refractivity contribution in [1.82, 2.24) is 19.9 Å². The molecule has 0 unspecified atom stereocenters.